The second kappa shape index (κ2) is 6.10. The molecule has 7 nitrogen and oxygen atoms in total. The lowest BCUT2D eigenvalue weighted by atomic mass is 10.3. The molecule has 2 heterocycles. The van der Waals surface area contributed by atoms with Crippen LogP contribution in [-0.4, -0.2) is 26.8 Å². The Bertz CT molecular complexity index is 742. The van der Waals surface area contributed by atoms with Crippen molar-refractivity contribution in [2.24, 2.45) is 7.05 Å². The van der Waals surface area contributed by atoms with E-state index in [0.717, 1.165) is 0 Å². The van der Waals surface area contributed by atoms with Gasteiger partial charge in [0.05, 0.1) is 10.7 Å². The number of aromatic amines is 1. The zero-order valence-electron chi connectivity index (χ0n) is 10.8. The molecular formula is C11H12ClN5O2S. The lowest BCUT2D eigenvalue weighted by Crippen LogP contribution is -2.33. The van der Waals surface area contributed by atoms with Crippen molar-refractivity contribution in [3.05, 3.63) is 43.6 Å². The summed E-state index contributed by atoms with van der Waals surface area (Å²) in [6.07, 6.45) is 0. The number of rotatable bonds is 4. The van der Waals surface area contributed by atoms with Crippen molar-refractivity contribution >= 4 is 29.2 Å². The molecule has 0 saturated heterocycles. The van der Waals surface area contributed by atoms with Gasteiger partial charge >= 0.3 is 11.1 Å². The standard InChI is InChI=1S/C11H12ClN5O2S/c1-13-8-4-3-6(12)7(14-8)5-20-11-15-9(18)10(19)16-17(11)2/h3-4H,5H2,1-2H3,(H,13,14)(H,16,19). The number of anilines is 1. The minimum Gasteiger partial charge on any atom is -0.373 e. The summed E-state index contributed by atoms with van der Waals surface area (Å²) in [6, 6.07) is 3.51. The van der Waals surface area contributed by atoms with Crippen LogP contribution in [-0.2, 0) is 12.8 Å². The van der Waals surface area contributed by atoms with Crippen LogP contribution in [0.2, 0.25) is 5.02 Å². The Kier molecular flexibility index (Phi) is 4.46. The first kappa shape index (κ1) is 14.6. The van der Waals surface area contributed by atoms with Crippen molar-refractivity contribution in [2.75, 3.05) is 12.4 Å². The molecule has 20 heavy (non-hydrogen) atoms. The van der Waals surface area contributed by atoms with E-state index in [1.807, 2.05) is 0 Å². The van der Waals surface area contributed by atoms with Crippen LogP contribution in [0.15, 0.2) is 26.9 Å². The van der Waals surface area contributed by atoms with Crippen molar-refractivity contribution in [1.29, 1.82) is 0 Å². The van der Waals surface area contributed by atoms with Crippen LogP contribution < -0.4 is 16.4 Å². The van der Waals surface area contributed by atoms with Crippen molar-refractivity contribution in [3.8, 4) is 0 Å². The van der Waals surface area contributed by atoms with E-state index in [1.54, 1.807) is 26.2 Å². The quantitative estimate of drug-likeness (QED) is 0.642. The minimum atomic E-state index is -0.811. The van der Waals surface area contributed by atoms with Gasteiger partial charge in [-0.15, -0.1) is 0 Å². The molecule has 2 aromatic heterocycles. The second-order valence-corrected chi connectivity index (χ2v) is 5.21. The molecule has 2 N–H and O–H groups in total. The van der Waals surface area contributed by atoms with Gasteiger partial charge in [0.2, 0.25) is 0 Å². The fraction of sp³-hybridized carbons (Fsp3) is 0.273. The number of hydrogen-bond donors (Lipinski definition) is 2. The molecule has 0 unspecified atom stereocenters. The molecule has 0 atom stereocenters. The number of halogens is 1. The average molecular weight is 314 g/mol. The third-order valence-electron chi connectivity index (χ3n) is 2.46. The van der Waals surface area contributed by atoms with Crippen molar-refractivity contribution in [2.45, 2.75) is 10.9 Å². The highest BCUT2D eigenvalue weighted by Crippen LogP contribution is 2.24. The van der Waals surface area contributed by atoms with Crippen LogP contribution in [0.25, 0.3) is 0 Å². The molecule has 0 bridgehead atoms. The average Bonchev–Trinajstić information content (AvgIpc) is 2.43. The maximum atomic E-state index is 11.2. The van der Waals surface area contributed by atoms with Crippen LogP contribution in [0.4, 0.5) is 5.82 Å². The van der Waals surface area contributed by atoms with Gasteiger partial charge in [-0.3, -0.25) is 19.4 Å². The number of aromatic nitrogens is 4. The monoisotopic (exact) mass is 313 g/mol. The van der Waals surface area contributed by atoms with E-state index >= 15 is 0 Å². The van der Waals surface area contributed by atoms with Gasteiger partial charge in [-0.05, 0) is 12.1 Å². The Labute approximate surface area is 123 Å². The summed E-state index contributed by atoms with van der Waals surface area (Å²) in [5, 5.41) is 6.23. The predicted molar refractivity (Wildman–Crippen MR) is 78.5 cm³/mol. The Morgan fingerprint density at radius 2 is 2.15 bits per heavy atom. The zero-order chi connectivity index (χ0) is 14.7. The predicted octanol–water partition coefficient (Wildman–Crippen LogP) is 0.851. The Balaban J connectivity index is 2.23. The molecular weight excluding hydrogens is 302 g/mol. The van der Waals surface area contributed by atoms with Gasteiger partial charge in [-0.2, -0.15) is 4.98 Å². The smallest absolute Gasteiger partial charge is 0.339 e. The lowest BCUT2D eigenvalue weighted by Gasteiger charge is -2.08. The van der Waals surface area contributed by atoms with E-state index in [0.29, 0.717) is 27.4 Å². The third kappa shape index (κ3) is 3.20. The van der Waals surface area contributed by atoms with Gasteiger partial charge in [-0.25, -0.2) is 4.98 Å². The summed E-state index contributed by atoms with van der Waals surface area (Å²) in [7, 11) is 3.37. The molecule has 0 aliphatic carbocycles. The normalized spacial score (nSPS) is 10.6. The summed E-state index contributed by atoms with van der Waals surface area (Å²) >= 11 is 7.33. The number of H-pyrrole nitrogens is 1. The molecule has 2 aromatic rings. The molecule has 0 radical (unpaired) electrons. The molecule has 2 rings (SSSR count). The summed E-state index contributed by atoms with van der Waals surface area (Å²) in [5.41, 5.74) is -0.886. The van der Waals surface area contributed by atoms with Gasteiger partial charge < -0.3 is 5.32 Å². The van der Waals surface area contributed by atoms with Crippen LogP contribution in [0, 0.1) is 0 Å². The Hall–Kier alpha value is -1.80. The fourth-order valence-corrected chi connectivity index (χ4v) is 2.57. The van der Waals surface area contributed by atoms with Crippen molar-refractivity contribution < 1.29 is 0 Å². The topological polar surface area (TPSA) is 92.7 Å². The first-order valence-electron chi connectivity index (χ1n) is 5.64. The van der Waals surface area contributed by atoms with Crippen molar-refractivity contribution in [3.63, 3.8) is 0 Å². The molecule has 9 heteroatoms. The molecule has 0 fully saturated rings. The molecule has 0 amide bonds. The first-order chi connectivity index (χ1) is 9.51. The molecule has 0 aliphatic rings. The number of hydrogen-bond acceptors (Lipinski definition) is 6. The second-order valence-electron chi connectivity index (χ2n) is 3.86. The van der Waals surface area contributed by atoms with E-state index in [1.165, 1.54) is 16.4 Å². The first-order valence-corrected chi connectivity index (χ1v) is 7.01. The van der Waals surface area contributed by atoms with Gasteiger partial charge in [-0.1, -0.05) is 23.4 Å². The van der Waals surface area contributed by atoms with Crippen LogP contribution in [0.5, 0.6) is 0 Å². The maximum absolute atomic E-state index is 11.2. The van der Waals surface area contributed by atoms with Crippen LogP contribution >= 0.6 is 23.4 Å². The number of aryl methyl sites for hydroxylation is 1. The van der Waals surface area contributed by atoms with Crippen LogP contribution in [0.1, 0.15) is 5.69 Å². The van der Waals surface area contributed by atoms with Gasteiger partial charge in [0, 0.05) is 19.8 Å². The van der Waals surface area contributed by atoms with E-state index < -0.39 is 11.1 Å². The largest absolute Gasteiger partial charge is 0.373 e. The minimum absolute atomic E-state index is 0.391. The van der Waals surface area contributed by atoms with Crippen molar-refractivity contribution in [1.82, 2.24) is 19.7 Å². The number of nitrogens with zero attached hydrogens (tertiary/aromatic N) is 3. The molecule has 106 valence electrons. The Morgan fingerprint density at radius 1 is 1.40 bits per heavy atom. The summed E-state index contributed by atoms with van der Waals surface area (Å²) < 4.78 is 1.39. The number of pyridine rings is 1. The van der Waals surface area contributed by atoms with Gasteiger partial charge in [0.25, 0.3) is 0 Å². The molecule has 0 aliphatic heterocycles. The summed E-state index contributed by atoms with van der Waals surface area (Å²) in [6.45, 7) is 0. The highest BCUT2D eigenvalue weighted by molar-refractivity contribution is 7.98. The number of nitrogens with one attached hydrogen (secondary N) is 2. The molecule has 0 saturated carbocycles. The maximum Gasteiger partial charge on any atom is 0.339 e. The molecule has 0 spiro atoms. The SMILES string of the molecule is CNc1ccc(Cl)c(CSc2nc(=O)c(=O)[nH]n2C)n1. The third-order valence-corrected chi connectivity index (χ3v) is 3.85. The highest BCUT2D eigenvalue weighted by atomic mass is 35.5. The van der Waals surface area contributed by atoms with E-state index in [2.05, 4.69) is 20.4 Å². The zero-order valence-corrected chi connectivity index (χ0v) is 12.4. The van der Waals surface area contributed by atoms with Gasteiger partial charge in [0.15, 0.2) is 5.16 Å². The van der Waals surface area contributed by atoms with E-state index in [9.17, 15) is 9.59 Å². The van der Waals surface area contributed by atoms with E-state index in [4.69, 9.17) is 11.6 Å². The van der Waals surface area contributed by atoms with Gasteiger partial charge in [0.1, 0.15) is 5.82 Å². The van der Waals surface area contributed by atoms with E-state index in [-0.39, 0.29) is 0 Å². The van der Waals surface area contributed by atoms with Crippen LogP contribution in [0.3, 0.4) is 0 Å². The highest BCUT2D eigenvalue weighted by Gasteiger charge is 2.08. The summed E-state index contributed by atoms with van der Waals surface area (Å²) in [4.78, 5) is 30.4. The Morgan fingerprint density at radius 3 is 2.85 bits per heavy atom. The summed E-state index contributed by atoms with van der Waals surface area (Å²) in [5.74, 6) is 1.13. The fourth-order valence-electron chi connectivity index (χ4n) is 1.45. The number of thioether (sulfide) groups is 1. The molecule has 0 aromatic carbocycles. The lowest BCUT2D eigenvalue weighted by molar-refractivity contribution is 0.596.